The largest absolute Gasteiger partial charge is 0.497 e. The number of carbonyl (C=O) groups excluding carboxylic acids is 1. The highest BCUT2D eigenvalue weighted by Crippen LogP contribution is 2.29. The number of methoxy groups -OCH3 is 1. The van der Waals surface area contributed by atoms with E-state index in [9.17, 15) is 9.90 Å². The first-order valence-electron chi connectivity index (χ1n) is 10.6. The zero-order chi connectivity index (χ0) is 23.9. The van der Waals surface area contributed by atoms with Crippen molar-refractivity contribution in [3.05, 3.63) is 78.6 Å². The average Bonchev–Trinajstić information content (AvgIpc) is 3.31. The van der Waals surface area contributed by atoms with Crippen LogP contribution in [0.4, 0.5) is 0 Å². The molecule has 8 nitrogen and oxygen atoms in total. The number of nitrogens with zero attached hydrogens (tertiary/aromatic N) is 4. The van der Waals surface area contributed by atoms with Crippen molar-refractivity contribution in [1.29, 1.82) is 0 Å². The maximum Gasteiger partial charge on any atom is 0.196 e. The predicted octanol–water partition coefficient (Wildman–Crippen LogP) is 4.07. The molecule has 0 aliphatic heterocycles. The summed E-state index contributed by atoms with van der Waals surface area (Å²) in [7, 11) is 1.62. The second-order valence-corrected chi connectivity index (χ2v) is 8.42. The number of rotatable bonds is 10. The summed E-state index contributed by atoms with van der Waals surface area (Å²) in [6, 6.07) is 18.2. The molecule has 0 aliphatic rings. The molecule has 1 N–H and O–H groups in total. The number of aromatic nitrogens is 4. The number of hydrogen-bond donors (Lipinski definition) is 1. The lowest BCUT2D eigenvalue weighted by Gasteiger charge is -2.14. The van der Waals surface area contributed by atoms with Gasteiger partial charge in [-0.1, -0.05) is 11.8 Å². The molecule has 0 saturated heterocycles. The number of ketones is 1. The topological polar surface area (TPSA) is 99.4 Å². The molecule has 0 spiro atoms. The summed E-state index contributed by atoms with van der Waals surface area (Å²) in [6.07, 6.45) is 2.68. The van der Waals surface area contributed by atoms with Gasteiger partial charge in [-0.3, -0.25) is 14.3 Å². The maximum absolute atomic E-state index is 11.4. The number of carbonyl (C=O) groups is 1. The number of pyridine rings is 1. The molecule has 174 valence electrons. The van der Waals surface area contributed by atoms with Gasteiger partial charge in [0.15, 0.2) is 16.8 Å². The van der Waals surface area contributed by atoms with Gasteiger partial charge < -0.3 is 14.6 Å². The van der Waals surface area contributed by atoms with Crippen LogP contribution in [0.3, 0.4) is 0 Å². The van der Waals surface area contributed by atoms with Gasteiger partial charge in [-0.15, -0.1) is 10.2 Å². The number of Topliss-reactive ketones (excluding diaryl/α,β-unsaturated/α-hetero) is 1. The first kappa shape index (κ1) is 23.5. The Balaban J connectivity index is 1.47. The number of hydrogen-bond acceptors (Lipinski definition) is 8. The Morgan fingerprint density at radius 2 is 1.68 bits per heavy atom. The molecule has 0 fully saturated rings. The van der Waals surface area contributed by atoms with Crippen molar-refractivity contribution in [2.75, 3.05) is 19.5 Å². The number of aliphatic hydroxyl groups excluding tert-OH is 1. The Hall–Kier alpha value is -3.69. The van der Waals surface area contributed by atoms with E-state index in [1.807, 2.05) is 41.0 Å². The number of ether oxygens (including phenoxy) is 2. The lowest BCUT2D eigenvalue weighted by molar-refractivity contribution is 0.101. The SMILES string of the molecule is COc1ccc(-n2c(SCC(O)COc3ccc(C(C)=O)cc3)nnc2-c2ccncc2)cc1. The fraction of sp³-hybridized carbons (Fsp3) is 0.200. The molecule has 0 radical (unpaired) electrons. The third-order valence-corrected chi connectivity index (χ3v) is 6.08. The lowest BCUT2D eigenvalue weighted by Crippen LogP contribution is -2.20. The van der Waals surface area contributed by atoms with Gasteiger partial charge in [0, 0.05) is 35.0 Å². The van der Waals surface area contributed by atoms with E-state index in [1.165, 1.54) is 18.7 Å². The second kappa shape index (κ2) is 11.0. The van der Waals surface area contributed by atoms with E-state index in [2.05, 4.69) is 15.2 Å². The third kappa shape index (κ3) is 5.62. The Morgan fingerprint density at radius 1 is 1.00 bits per heavy atom. The molecule has 2 heterocycles. The van der Waals surface area contributed by atoms with Crippen LogP contribution in [0.2, 0.25) is 0 Å². The predicted molar refractivity (Wildman–Crippen MR) is 130 cm³/mol. The minimum atomic E-state index is -0.733. The number of aliphatic hydroxyl groups is 1. The van der Waals surface area contributed by atoms with Crippen molar-refractivity contribution in [2.24, 2.45) is 0 Å². The Morgan fingerprint density at radius 3 is 2.32 bits per heavy atom. The summed E-state index contributed by atoms with van der Waals surface area (Å²) in [5.41, 5.74) is 2.37. The van der Waals surface area contributed by atoms with Crippen LogP contribution in [-0.4, -0.2) is 56.2 Å². The first-order valence-corrected chi connectivity index (χ1v) is 11.6. The van der Waals surface area contributed by atoms with Crippen LogP contribution < -0.4 is 9.47 Å². The molecule has 4 aromatic rings. The molecule has 1 unspecified atom stereocenters. The van der Waals surface area contributed by atoms with Crippen molar-refractivity contribution in [3.8, 4) is 28.6 Å². The van der Waals surface area contributed by atoms with E-state index in [0.717, 1.165) is 17.0 Å². The molecule has 0 amide bonds. The van der Waals surface area contributed by atoms with Gasteiger partial charge in [0.25, 0.3) is 0 Å². The summed E-state index contributed by atoms with van der Waals surface area (Å²) < 4.78 is 12.9. The van der Waals surface area contributed by atoms with Crippen molar-refractivity contribution in [2.45, 2.75) is 18.2 Å². The minimum Gasteiger partial charge on any atom is -0.497 e. The van der Waals surface area contributed by atoms with Gasteiger partial charge in [0.2, 0.25) is 0 Å². The fourth-order valence-corrected chi connectivity index (χ4v) is 4.07. The van der Waals surface area contributed by atoms with Crippen LogP contribution in [-0.2, 0) is 0 Å². The first-order chi connectivity index (χ1) is 16.5. The summed E-state index contributed by atoms with van der Waals surface area (Å²) in [5, 5.41) is 19.9. The molecular weight excluding hydrogens is 452 g/mol. The van der Waals surface area contributed by atoms with Crippen LogP contribution >= 0.6 is 11.8 Å². The summed E-state index contributed by atoms with van der Waals surface area (Å²) >= 11 is 1.38. The van der Waals surface area contributed by atoms with E-state index < -0.39 is 6.10 Å². The fourth-order valence-electron chi connectivity index (χ4n) is 3.21. The highest BCUT2D eigenvalue weighted by atomic mass is 32.2. The second-order valence-electron chi connectivity index (χ2n) is 7.43. The molecule has 0 bridgehead atoms. The van der Waals surface area contributed by atoms with Gasteiger partial charge >= 0.3 is 0 Å². The zero-order valence-electron chi connectivity index (χ0n) is 18.8. The van der Waals surface area contributed by atoms with Crippen LogP contribution in [0.5, 0.6) is 11.5 Å². The van der Waals surface area contributed by atoms with E-state index in [0.29, 0.717) is 28.0 Å². The van der Waals surface area contributed by atoms with Crippen molar-refractivity contribution in [1.82, 2.24) is 19.7 Å². The highest BCUT2D eigenvalue weighted by molar-refractivity contribution is 7.99. The van der Waals surface area contributed by atoms with E-state index >= 15 is 0 Å². The minimum absolute atomic E-state index is 0.00455. The molecule has 4 rings (SSSR count). The summed E-state index contributed by atoms with van der Waals surface area (Å²) in [4.78, 5) is 15.5. The van der Waals surface area contributed by atoms with Gasteiger partial charge in [-0.05, 0) is 67.6 Å². The van der Waals surface area contributed by atoms with Gasteiger partial charge in [-0.25, -0.2) is 0 Å². The molecule has 1 atom stereocenters. The van der Waals surface area contributed by atoms with Crippen molar-refractivity contribution >= 4 is 17.5 Å². The highest BCUT2D eigenvalue weighted by Gasteiger charge is 2.18. The Bertz CT molecular complexity index is 1230. The zero-order valence-corrected chi connectivity index (χ0v) is 19.6. The average molecular weight is 477 g/mol. The van der Waals surface area contributed by atoms with Gasteiger partial charge in [0.05, 0.1) is 13.2 Å². The molecule has 0 saturated carbocycles. The van der Waals surface area contributed by atoms with Crippen molar-refractivity contribution < 1.29 is 19.4 Å². The van der Waals surface area contributed by atoms with Crippen LogP contribution in [0.25, 0.3) is 17.1 Å². The van der Waals surface area contributed by atoms with Crippen LogP contribution in [0.1, 0.15) is 17.3 Å². The Labute approximate surface area is 201 Å². The Kier molecular flexibility index (Phi) is 7.56. The normalized spacial score (nSPS) is 11.7. The van der Waals surface area contributed by atoms with Gasteiger partial charge in [-0.2, -0.15) is 0 Å². The van der Waals surface area contributed by atoms with E-state index in [4.69, 9.17) is 9.47 Å². The van der Waals surface area contributed by atoms with Crippen LogP contribution in [0, 0.1) is 0 Å². The standard InChI is InChI=1S/C25H24N4O4S/c1-17(30)18-3-7-23(8-4-18)33-15-21(31)16-34-25-28-27-24(19-11-13-26-14-12-19)29(25)20-5-9-22(32-2)10-6-20/h3-14,21,31H,15-16H2,1-2H3. The number of benzene rings is 2. The summed E-state index contributed by atoms with van der Waals surface area (Å²) in [6.45, 7) is 1.63. The monoisotopic (exact) mass is 476 g/mol. The molecule has 34 heavy (non-hydrogen) atoms. The molecule has 2 aromatic heterocycles. The molecule has 0 aliphatic carbocycles. The lowest BCUT2D eigenvalue weighted by atomic mass is 10.1. The van der Waals surface area contributed by atoms with Crippen molar-refractivity contribution in [3.63, 3.8) is 0 Å². The van der Waals surface area contributed by atoms with Gasteiger partial charge in [0.1, 0.15) is 18.1 Å². The quantitative estimate of drug-likeness (QED) is 0.270. The summed E-state index contributed by atoms with van der Waals surface area (Å²) in [5.74, 6) is 2.37. The molecule has 9 heteroatoms. The van der Waals surface area contributed by atoms with Crippen LogP contribution in [0.15, 0.2) is 78.2 Å². The van der Waals surface area contributed by atoms with E-state index in [-0.39, 0.29) is 12.4 Å². The molecular formula is C25H24N4O4S. The maximum atomic E-state index is 11.4. The third-order valence-electron chi connectivity index (χ3n) is 5.01. The number of thioether (sulfide) groups is 1. The smallest absolute Gasteiger partial charge is 0.196 e. The molecule has 2 aromatic carbocycles. The van der Waals surface area contributed by atoms with E-state index in [1.54, 1.807) is 43.8 Å².